The summed E-state index contributed by atoms with van der Waals surface area (Å²) in [5.74, 6) is 1.15. The number of benzene rings is 1. The number of ether oxygens (including phenoxy) is 1. The van der Waals surface area contributed by atoms with Crippen molar-refractivity contribution in [3.05, 3.63) is 45.9 Å². The molecule has 0 unspecified atom stereocenters. The zero-order valence-corrected chi connectivity index (χ0v) is 18.2. The Hall–Kier alpha value is -3.36. The number of amides is 1. The number of carbonyl (C=O) groups is 1. The van der Waals surface area contributed by atoms with E-state index < -0.39 is 11.7 Å². The van der Waals surface area contributed by atoms with Crippen molar-refractivity contribution in [1.82, 2.24) is 25.3 Å². The van der Waals surface area contributed by atoms with Gasteiger partial charge in [-0.25, -0.2) is 9.48 Å². The van der Waals surface area contributed by atoms with Crippen LogP contribution in [0.5, 0.6) is 0 Å². The number of fused-ring (bicyclic) bond motifs is 1. The van der Waals surface area contributed by atoms with Gasteiger partial charge in [0.15, 0.2) is 11.6 Å². The highest BCUT2D eigenvalue weighted by Crippen LogP contribution is 2.23. The van der Waals surface area contributed by atoms with Crippen LogP contribution in [0.1, 0.15) is 51.9 Å². The number of aromatic nitrogens is 4. The number of aromatic amines is 1. The summed E-state index contributed by atoms with van der Waals surface area (Å²) in [6.07, 6.45) is -0.506. The van der Waals surface area contributed by atoms with Crippen LogP contribution in [0.2, 0.25) is 0 Å². The number of rotatable bonds is 5. The van der Waals surface area contributed by atoms with Gasteiger partial charge in [0.1, 0.15) is 5.60 Å². The van der Waals surface area contributed by atoms with Crippen molar-refractivity contribution in [2.75, 3.05) is 5.32 Å². The minimum absolute atomic E-state index is 0.119. The van der Waals surface area contributed by atoms with Gasteiger partial charge < -0.3 is 15.4 Å². The van der Waals surface area contributed by atoms with E-state index >= 15 is 0 Å². The van der Waals surface area contributed by atoms with Gasteiger partial charge in [0.05, 0.1) is 11.4 Å². The Bertz CT molecular complexity index is 1120. The van der Waals surface area contributed by atoms with Crippen molar-refractivity contribution in [1.29, 1.82) is 0 Å². The number of alkyl carbamates (subject to hydrolysis) is 1. The molecule has 0 saturated heterocycles. The third kappa shape index (κ3) is 4.97. The first kappa shape index (κ1) is 21.4. The van der Waals surface area contributed by atoms with E-state index in [-0.39, 0.29) is 18.1 Å². The predicted octanol–water partition coefficient (Wildman–Crippen LogP) is 3.78. The van der Waals surface area contributed by atoms with Gasteiger partial charge in [0, 0.05) is 23.7 Å². The molecule has 0 fully saturated rings. The minimum Gasteiger partial charge on any atom is -0.444 e. The number of aryl methyl sites for hydroxylation is 1. The van der Waals surface area contributed by atoms with Crippen molar-refractivity contribution in [2.24, 2.45) is 0 Å². The molecule has 1 aromatic carbocycles. The molecule has 1 amide bonds. The molecule has 0 bridgehead atoms. The molecule has 2 aromatic heterocycles. The van der Waals surface area contributed by atoms with E-state index in [1.807, 2.05) is 39.0 Å². The van der Waals surface area contributed by atoms with Crippen LogP contribution in [-0.4, -0.2) is 31.7 Å². The molecule has 0 radical (unpaired) electrons. The lowest BCUT2D eigenvalue weighted by molar-refractivity contribution is 0.0523. The van der Waals surface area contributed by atoms with E-state index in [1.165, 1.54) is 4.68 Å². The standard InChI is InChI=1S/C21H28N6O3/c1-12(2)27-19(28)16-10-14(11-22-20(29)30-21(4,5)6)7-8-15(16)18(26-27)23-17-9-13(3)24-25-17/h7-10,12H,11H2,1-6H3,(H,22,29)(H2,23,24,25,26). The summed E-state index contributed by atoms with van der Waals surface area (Å²) in [5.41, 5.74) is 0.931. The Kier molecular flexibility index (Phi) is 5.82. The van der Waals surface area contributed by atoms with Crippen LogP contribution in [-0.2, 0) is 11.3 Å². The van der Waals surface area contributed by atoms with E-state index in [4.69, 9.17) is 4.74 Å². The van der Waals surface area contributed by atoms with Crippen molar-refractivity contribution in [3.8, 4) is 0 Å². The van der Waals surface area contributed by atoms with Gasteiger partial charge in [-0.15, -0.1) is 0 Å². The van der Waals surface area contributed by atoms with Crippen LogP contribution >= 0.6 is 0 Å². The van der Waals surface area contributed by atoms with Gasteiger partial charge in [-0.2, -0.15) is 10.2 Å². The van der Waals surface area contributed by atoms with E-state index in [0.29, 0.717) is 22.4 Å². The summed E-state index contributed by atoms with van der Waals surface area (Å²) in [6, 6.07) is 7.18. The Morgan fingerprint density at radius 3 is 2.57 bits per heavy atom. The molecule has 0 aliphatic heterocycles. The summed E-state index contributed by atoms with van der Waals surface area (Å²) in [6.45, 7) is 11.4. The highest BCUT2D eigenvalue weighted by molar-refractivity contribution is 5.92. The fraction of sp³-hybridized carbons (Fsp3) is 0.429. The number of anilines is 2. The van der Waals surface area contributed by atoms with Gasteiger partial charge in [0.25, 0.3) is 5.56 Å². The first-order valence-electron chi connectivity index (χ1n) is 9.85. The summed E-state index contributed by atoms with van der Waals surface area (Å²) in [4.78, 5) is 24.9. The molecule has 9 heteroatoms. The fourth-order valence-electron chi connectivity index (χ4n) is 2.95. The molecule has 3 N–H and O–H groups in total. The Balaban J connectivity index is 1.95. The second-order valence-corrected chi connectivity index (χ2v) is 8.49. The summed E-state index contributed by atoms with van der Waals surface area (Å²) in [7, 11) is 0. The second kappa shape index (κ2) is 8.17. The number of H-pyrrole nitrogens is 1. The van der Waals surface area contributed by atoms with Crippen LogP contribution in [0.3, 0.4) is 0 Å². The van der Waals surface area contributed by atoms with Crippen molar-refractivity contribution in [3.63, 3.8) is 0 Å². The number of hydrogen-bond acceptors (Lipinski definition) is 6. The van der Waals surface area contributed by atoms with E-state index in [2.05, 4.69) is 25.9 Å². The van der Waals surface area contributed by atoms with E-state index in [9.17, 15) is 9.59 Å². The van der Waals surface area contributed by atoms with E-state index in [0.717, 1.165) is 11.3 Å². The number of nitrogens with one attached hydrogen (secondary N) is 3. The average molecular weight is 412 g/mol. The van der Waals surface area contributed by atoms with Crippen LogP contribution in [0, 0.1) is 6.92 Å². The number of hydrogen-bond donors (Lipinski definition) is 3. The third-order valence-corrected chi connectivity index (χ3v) is 4.26. The fourth-order valence-corrected chi connectivity index (χ4v) is 2.95. The zero-order valence-electron chi connectivity index (χ0n) is 18.2. The van der Waals surface area contributed by atoms with Crippen LogP contribution < -0.4 is 16.2 Å². The summed E-state index contributed by atoms with van der Waals surface area (Å²) < 4.78 is 6.70. The second-order valence-electron chi connectivity index (χ2n) is 8.49. The Morgan fingerprint density at radius 2 is 1.97 bits per heavy atom. The Labute approximate surface area is 174 Å². The molecule has 3 rings (SSSR count). The van der Waals surface area contributed by atoms with Gasteiger partial charge in [-0.1, -0.05) is 12.1 Å². The molecule has 160 valence electrons. The Morgan fingerprint density at radius 1 is 1.23 bits per heavy atom. The van der Waals surface area contributed by atoms with Crippen LogP contribution in [0.25, 0.3) is 10.8 Å². The molecule has 0 saturated carbocycles. The molecule has 0 aliphatic rings. The van der Waals surface area contributed by atoms with Gasteiger partial charge in [0.2, 0.25) is 0 Å². The SMILES string of the molecule is Cc1cc(Nc2nn(C(C)C)c(=O)c3cc(CNC(=O)OC(C)(C)C)ccc23)n[nH]1. The molecule has 0 spiro atoms. The smallest absolute Gasteiger partial charge is 0.407 e. The maximum absolute atomic E-state index is 13.0. The predicted molar refractivity (Wildman–Crippen MR) is 116 cm³/mol. The molecule has 30 heavy (non-hydrogen) atoms. The summed E-state index contributed by atoms with van der Waals surface area (Å²) >= 11 is 0. The largest absolute Gasteiger partial charge is 0.444 e. The monoisotopic (exact) mass is 412 g/mol. The van der Waals surface area contributed by atoms with Gasteiger partial charge >= 0.3 is 6.09 Å². The van der Waals surface area contributed by atoms with E-state index in [1.54, 1.807) is 26.8 Å². The first-order chi connectivity index (χ1) is 14.0. The molecule has 2 heterocycles. The van der Waals surface area contributed by atoms with Crippen LogP contribution in [0.4, 0.5) is 16.4 Å². The van der Waals surface area contributed by atoms with Gasteiger partial charge in [-0.05, 0) is 53.2 Å². The van der Waals surface area contributed by atoms with Crippen molar-refractivity contribution in [2.45, 2.75) is 59.7 Å². The van der Waals surface area contributed by atoms with Crippen molar-refractivity contribution < 1.29 is 9.53 Å². The number of nitrogens with zero attached hydrogens (tertiary/aromatic N) is 3. The lowest BCUT2D eigenvalue weighted by Crippen LogP contribution is -2.32. The quantitative estimate of drug-likeness (QED) is 0.588. The topological polar surface area (TPSA) is 114 Å². The summed E-state index contributed by atoms with van der Waals surface area (Å²) in [5, 5.41) is 18.7. The van der Waals surface area contributed by atoms with Crippen molar-refractivity contribution >= 4 is 28.5 Å². The molecular formula is C21H28N6O3. The average Bonchev–Trinajstić information content (AvgIpc) is 3.05. The highest BCUT2D eigenvalue weighted by atomic mass is 16.6. The molecule has 0 atom stereocenters. The molecule has 9 nitrogen and oxygen atoms in total. The lowest BCUT2D eigenvalue weighted by atomic mass is 10.1. The van der Waals surface area contributed by atoms with Gasteiger partial charge in [-0.3, -0.25) is 9.89 Å². The highest BCUT2D eigenvalue weighted by Gasteiger charge is 2.17. The molecular weight excluding hydrogens is 384 g/mol. The maximum atomic E-state index is 13.0. The first-order valence-corrected chi connectivity index (χ1v) is 9.85. The third-order valence-electron chi connectivity index (χ3n) is 4.26. The normalized spacial score (nSPS) is 11.7. The molecule has 0 aliphatic carbocycles. The maximum Gasteiger partial charge on any atom is 0.407 e. The minimum atomic E-state index is -0.574. The number of carbonyl (C=O) groups excluding carboxylic acids is 1. The van der Waals surface area contributed by atoms with Crippen LogP contribution in [0.15, 0.2) is 29.1 Å². The lowest BCUT2D eigenvalue weighted by Gasteiger charge is -2.19. The molecule has 3 aromatic rings. The zero-order chi connectivity index (χ0) is 22.1.